The number of hydrogen-bond donors (Lipinski definition) is 0. The normalized spacial score (nSPS) is 13.9. The van der Waals surface area contributed by atoms with E-state index in [4.69, 9.17) is 0 Å². The summed E-state index contributed by atoms with van der Waals surface area (Å²) < 4.78 is 0. The van der Waals surface area contributed by atoms with Gasteiger partial charge in [0.15, 0.2) is 0 Å². The summed E-state index contributed by atoms with van der Waals surface area (Å²) in [5, 5.41) is 0. The fourth-order valence-corrected chi connectivity index (χ4v) is 0.530. The molecule has 0 saturated carbocycles. The summed E-state index contributed by atoms with van der Waals surface area (Å²) in [5.74, 6) is 0. The van der Waals surface area contributed by atoms with Crippen LogP contribution in [0.25, 0.3) is 0 Å². The van der Waals surface area contributed by atoms with Gasteiger partial charge in [0, 0.05) is 0 Å². The Balaban J connectivity index is 4.46. The molecule has 0 radical (unpaired) electrons. The Bertz CT molecular complexity index is 158. The van der Waals surface area contributed by atoms with Crippen LogP contribution in [-0.2, 0) is 4.79 Å². The minimum atomic E-state index is 0.0773. The lowest BCUT2D eigenvalue weighted by molar-refractivity contribution is -0.104. The molecule has 1 nitrogen and oxygen atoms in total. The summed E-state index contributed by atoms with van der Waals surface area (Å²) in [6.45, 7) is 10.8. The molecule has 0 aliphatic rings. The van der Waals surface area contributed by atoms with E-state index in [1.807, 2.05) is 6.08 Å². The Kier molecular flexibility index (Phi) is 3.03. The van der Waals surface area contributed by atoms with Gasteiger partial charge in [-0.05, 0) is 16.9 Å². The zero-order valence-corrected chi connectivity index (χ0v) is 8.14. The number of carbonyl (C=O) groups excluding carboxylic acids is 1. The number of carbonyl (C=O) groups is 1. The van der Waals surface area contributed by atoms with Crippen molar-refractivity contribution in [2.75, 3.05) is 0 Å². The molecular formula is C10H18O. The molecule has 0 unspecified atom stereocenters. The largest absolute Gasteiger partial charge is 0.299 e. The maximum absolute atomic E-state index is 10.1. The third-order valence-corrected chi connectivity index (χ3v) is 2.52. The van der Waals surface area contributed by atoms with Gasteiger partial charge in [-0.1, -0.05) is 40.7 Å². The predicted molar refractivity (Wildman–Crippen MR) is 48.4 cm³/mol. The van der Waals surface area contributed by atoms with Gasteiger partial charge >= 0.3 is 0 Å². The SMILES string of the molecule is CC(C)(C)C(C)(C)/C=C/C=O. The molecule has 0 saturated heterocycles. The van der Waals surface area contributed by atoms with Crippen molar-refractivity contribution in [3.8, 4) is 0 Å². The molecule has 1 heteroatoms. The van der Waals surface area contributed by atoms with Crippen molar-refractivity contribution < 1.29 is 4.79 Å². The molecule has 0 aromatic heterocycles. The van der Waals surface area contributed by atoms with Crippen LogP contribution in [0.15, 0.2) is 12.2 Å². The number of aldehydes is 1. The van der Waals surface area contributed by atoms with E-state index in [-0.39, 0.29) is 10.8 Å². The van der Waals surface area contributed by atoms with Gasteiger partial charge in [-0.25, -0.2) is 0 Å². The van der Waals surface area contributed by atoms with Gasteiger partial charge in [0.05, 0.1) is 0 Å². The summed E-state index contributed by atoms with van der Waals surface area (Å²) in [5.41, 5.74) is 0.278. The molecule has 0 rings (SSSR count). The van der Waals surface area contributed by atoms with E-state index in [0.717, 1.165) is 6.29 Å². The van der Waals surface area contributed by atoms with Crippen molar-refractivity contribution in [2.24, 2.45) is 10.8 Å². The Morgan fingerprint density at radius 3 is 1.73 bits per heavy atom. The number of allylic oxidation sites excluding steroid dienone is 2. The van der Waals surface area contributed by atoms with E-state index in [2.05, 4.69) is 34.6 Å². The Morgan fingerprint density at radius 2 is 1.45 bits per heavy atom. The second-order valence-corrected chi connectivity index (χ2v) is 4.47. The first-order valence-electron chi connectivity index (χ1n) is 3.94. The summed E-state index contributed by atoms with van der Waals surface area (Å²) in [4.78, 5) is 10.1. The van der Waals surface area contributed by atoms with Crippen molar-refractivity contribution in [1.82, 2.24) is 0 Å². The van der Waals surface area contributed by atoms with Crippen molar-refractivity contribution in [2.45, 2.75) is 34.6 Å². The molecule has 0 aliphatic carbocycles. The maximum atomic E-state index is 10.1. The highest BCUT2D eigenvalue weighted by atomic mass is 16.1. The topological polar surface area (TPSA) is 17.1 Å². The smallest absolute Gasteiger partial charge is 0.142 e. The van der Waals surface area contributed by atoms with Gasteiger partial charge in [0.25, 0.3) is 0 Å². The molecule has 0 N–H and O–H groups in total. The quantitative estimate of drug-likeness (QED) is 0.441. The van der Waals surface area contributed by atoms with Crippen LogP contribution in [0.3, 0.4) is 0 Å². The van der Waals surface area contributed by atoms with Crippen molar-refractivity contribution in [3.05, 3.63) is 12.2 Å². The van der Waals surface area contributed by atoms with Crippen molar-refractivity contribution in [1.29, 1.82) is 0 Å². The molecule has 0 amide bonds. The Labute approximate surface area is 69.5 Å². The second kappa shape index (κ2) is 3.21. The zero-order valence-electron chi connectivity index (χ0n) is 8.14. The van der Waals surface area contributed by atoms with Gasteiger partial charge in [-0.15, -0.1) is 0 Å². The van der Waals surface area contributed by atoms with Crippen LogP contribution in [-0.4, -0.2) is 6.29 Å². The zero-order chi connectivity index (χ0) is 9.12. The maximum Gasteiger partial charge on any atom is 0.142 e. The van der Waals surface area contributed by atoms with Crippen molar-refractivity contribution >= 4 is 6.29 Å². The fraction of sp³-hybridized carbons (Fsp3) is 0.700. The molecule has 11 heavy (non-hydrogen) atoms. The minimum absolute atomic E-state index is 0.0773. The van der Waals surface area contributed by atoms with E-state index in [1.54, 1.807) is 6.08 Å². The molecule has 64 valence electrons. The molecule has 0 bridgehead atoms. The van der Waals surface area contributed by atoms with Crippen LogP contribution in [0, 0.1) is 10.8 Å². The summed E-state index contributed by atoms with van der Waals surface area (Å²) in [6, 6.07) is 0. The van der Waals surface area contributed by atoms with Crippen LogP contribution in [0.5, 0.6) is 0 Å². The summed E-state index contributed by atoms with van der Waals surface area (Å²) in [7, 11) is 0. The van der Waals surface area contributed by atoms with E-state index in [0.29, 0.717) is 0 Å². The molecule has 0 fully saturated rings. The molecule has 0 spiro atoms. The van der Waals surface area contributed by atoms with Crippen LogP contribution >= 0.6 is 0 Å². The lowest BCUT2D eigenvalue weighted by Gasteiger charge is -2.36. The standard InChI is InChI=1S/C10H18O/c1-9(2,3)10(4,5)7-6-8-11/h6-8H,1-5H3/b7-6+. The van der Waals surface area contributed by atoms with Gasteiger partial charge in [0.2, 0.25) is 0 Å². The molecular weight excluding hydrogens is 136 g/mol. The third kappa shape index (κ3) is 2.87. The van der Waals surface area contributed by atoms with E-state index in [9.17, 15) is 4.79 Å². The predicted octanol–water partition coefficient (Wildman–Crippen LogP) is 2.81. The molecule has 0 aliphatic heterocycles. The second-order valence-electron chi connectivity index (χ2n) is 4.47. The summed E-state index contributed by atoms with van der Waals surface area (Å²) in [6.07, 6.45) is 4.36. The first-order valence-corrected chi connectivity index (χ1v) is 3.94. The number of rotatable bonds is 2. The monoisotopic (exact) mass is 154 g/mol. The minimum Gasteiger partial charge on any atom is -0.299 e. The fourth-order valence-electron chi connectivity index (χ4n) is 0.530. The average molecular weight is 154 g/mol. The highest BCUT2D eigenvalue weighted by molar-refractivity contribution is 5.64. The molecule has 0 heterocycles. The first kappa shape index (κ1) is 10.4. The average Bonchev–Trinajstić information content (AvgIpc) is 1.81. The Morgan fingerprint density at radius 1 is 1.00 bits per heavy atom. The van der Waals surface area contributed by atoms with Gasteiger partial charge in [0.1, 0.15) is 6.29 Å². The third-order valence-electron chi connectivity index (χ3n) is 2.52. The molecule has 0 aromatic carbocycles. The number of hydrogen-bond acceptors (Lipinski definition) is 1. The van der Waals surface area contributed by atoms with Gasteiger partial charge < -0.3 is 0 Å². The van der Waals surface area contributed by atoms with Crippen LogP contribution in [0.2, 0.25) is 0 Å². The van der Waals surface area contributed by atoms with Crippen LogP contribution in [0.4, 0.5) is 0 Å². The highest BCUT2D eigenvalue weighted by Crippen LogP contribution is 2.38. The van der Waals surface area contributed by atoms with E-state index in [1.165, 1.54) is 0 Å². The van der Waals surface area contributed by atoms with Crippen LogP contribution < -0.4 is 0 Å². The first-order chi connectivity index (χ1) is 4.81. The van der Waals surface area contributed by atoms with E-state index < -0.39 is 0 Å². The van der Waals surface area contributed by atoms with Gasteiger partial charge in [-0.2, -0.15) is 0 Å². The van der Waals surface area contributed by atoms with Crippen molar-refractivity contribution in [3.63, 3.8) is 0 Å². The van der Waals surface area contributed by atoms with Crippen LogP contribution in [0.1, 0.15) is 34.6 Å². The lowest BCUT2D eigenvalue weighted by Crippen LogP contribution is -2.27. The van der Waals surface area contributed by atoms with E-state index >= 15 is 0 Å². The molecule has 0 aromatic rings. The Hall–Kier alpha value is -0.590. The lowest BCUT2D eigenvalue weighted by atomic mass is 9.69. The molecule has 0 atom stereocenters. The summed E-state index contributed by atoms with van der Waals surface area (Å²) >= 11 is 0. The van der Waals surface area contributed by atoms with Gasteiger partial charge in [-0.3, -0.25) is 4.79 Å². The highest BCUT2D eigenvalue weighted by Gasteiger charge is 2.29.